The van der Waals surface area contributed by atoms with Gasteiger partial charge in [0.2, 0.25) is 0 Å². The van der Waals surface area contributed by atoms with E-state index in [9.17, 15) is 0 Å². The van der Waals surface area contributed by atoms with Gasteiger partial charge in [-0.3, -0.25) is 4.90 Å². The maximum atomic E-state index is 3.48. The normalized spacial score (nSPS) is 21.2. The van der Waals surface area contributed by atoms with Gasteiger partial charge in [0.15, 0.2) is 0 Å². The van der Waals surface area contributed by atoms with Crippen LogP contribution in [0.2, 0.25) is 0 Å². The van der Waals surface area contributed by atoms with Gasteiger partial charge in [0.05, 0.1) is 0 Å². The van der Waals surface area contributed by atoms with E-state index in [0.717, 1.165) is 6.54 Å². The van der Waals surface area contributed by atoms with Gasteiger partial charge in [-0.05, 0) is 26.8 Å². The largest absolute Gasteiger partial charge is 0.314 e. The fourth-order valence-corrected chi connectivity index (χ4v) is 2.52. The van der Waals surface area contributed by atoms with Crippen molar-refractivity contribution in [3.8, 4) is 0 Å². The SMILES string of the molecule is CCCCCCCCN1CCNCC1(C)C. The number of hydrogen-bond acceptors (Lipinski definition) is 2. The molecule has 0 radical (unpaired) electrons. The van der Waals surface area contributed by atoms with Gasteiger partial charge in [0.1, 0.15) is 0 Å². The van der Waals surface area contributed by atoms with Gasteiger partial charge in [0, 0.05) is 25.2 Å². The summed E-state index contributed by atoms with van der Waals surface area (Å²) in [5, 5.41) is 3.48. The van der Waals surface area contributed by atoms with Gasteiger partial charge >= 0.3 is 0 Å². The van der Waals surface area contributed by atoms with Crippen molar-refractivity contribution in [3.63, 3.8) is 0 Å². The second-order valence-corrected chi connectivity index (χ2v) is 5.74. The highest BCUT2D eigenvalue weighted by Gasteiger charge is 2.28. The molecule has 1 fully saturated rings. The van der Waals surface area contributed by atoms with Crippen LogP contribution in [0.5, 0.6) is 0 Å². The fraction of sp³-hybridized carbons (Fsp3) is 1.00. The minimum absolute atomic E-state index is 0.363. The van der Waals surface area contributed by atoms with Crippen molar-refractivity contribution >= 4 is 0 Å². The third-order valence-electron chi connectivity index (χ3n) is 3.75. The molecule has 0 aromatic heterocycles. The van der Waals surface area contributed by atoms with E-state index in [0.29, 0.717) is 5.54 Å². The highest BCUT2D eigenvalue weighted by Crippen LogP contribution is 2.17. The summed E-state index contributed by atoms with van der Waals surface area (Å²) in [7, 11) is 0. The molecule has 16 heavy (non-hydrogen) atoms. The number of nitrogens with zero attached hydrogens (tertiary/aromatic N) is 1. The zero-order valence-corrected chi connectivity index (χ0v) is 11.5. The highest BCUT2D eigenvalue weighted by molar-refractivity contribution is 4.87. The molecule has 1 aliphatic heterocycles. The van der Waals surface area contributed by atoms with E-state index in [4.69, 9.17) is 0 Å². The number of piperazine rings is 1. The molecule has 0 aromatic carbocycles. The molecule has 0 atom stereocenters. The first-order valence-corrected chi connectivity index (χ1v) is 7.12. The lowest BCUT2D eigenvalue weighted by molar-refractivity contribution is 0.0886. The van der Waals surface area contributed by atoms with Crippen LogP contribution in [0.4, 0.5) is 0 Å². The van der Waals surface area contributed by atoms with Gasteiger partial charge in [-0.2, -0.15) is 0 Å². The third kappa shape index (κ3) is 4.84. The Morgan fingerprint density at radius 2 is 1.75 bits per heavy atom. The number of unbranched alkanes of at least 4 members (excludes halogenated alkanes) is 5. The van der Waals surface area contributed by atoms with Crippen LogP contribution in [0.25, 0.3) is 0 Å². The lowest BCUT2D eigenvalue weighted by atomic mass is 9.99. The summed E-state index contributed by atoms with van der Waals surface area (Å²) in [6.45, 7) is 11.8. The monoisotopic (exact) mass is 226 g/mol. The summed E-state index contributed by atoms with van der Waals surface area (Å²) < 4.78 is 0. The Labute approximate surface area is 102 Å². The molecule has 1 heterocycles. The van der Waals surface area contributed by atoms with Crippen LogP contribution < -0.4 is 5.32 Å². The maximum Gasteiger partial charge on any atom is 0.0278 e. The molecule has 1 N–H and O–H groups in total. The number of hydrogen-bond donors (Lipinski definition) is 1. The Balaban J connectivity index is 2.07. The standard InChI is InChI=1S/C14H30N2/c1-4-5-6-7-8-9-11-16-12-10-15-13-14(16,2)3/h15H,4-13H2,1-3H3. The van der Waals surface area contributed by atoms with Crippen molar-refractivity contribution in [1.82, 2.24) is 10.2 Å². The minimum Gasteiger partial charge on any atom is -0.314 e. The van der Waals surface area contributed by atoms with E-state index in [1.165, 1.54) is 58.2 Å². The van der Waals surface area contributed by atoms with Crippen molar-refractivity contribution in [2.24, 2.45) is 0 Å². The minimum atomic E-state index is 0.363. The topological polar surface area (TPSA) is 15.3 Å². The lowest BCUT2D eigenvalue weighted by Gasteiger charge is -2.43. The van der Waals surface area contributed by atoms with Crippen LogP contribution in [0.15, 0.2) is 0 Å². The van der Waals surface area contributed by atoms with Gasteiger partial charge < -0.3 is 5.32 Å². The first-order valence-electron chi connectivity index (χ1n) is 7.12. The van der Waals surface area contributed by atoms with Crippen molar-refractivity contribution < 1.29 is 0 Å². The molecule has 2 heteroatoms. The predicted molar refractivity (Wildman–Crippen MR) is 71.9 cm³/mol. The van der Waals surface area contributed by atoms with Gasteiger partial charge in [-0.25, -0.2) is 0 Å². The van der Waals surface area contributed by atoms with E-state index in [-0.39, 0.29) is 0 Å². The Bertz CT molecular complexity index is 178. The summed E-state index contributed by atoms with van der Waals surface area (Å²) in [4.78, 5) is 2.66. The molecule has 0 aromatic rings. The Morgan fingerprint density at radius 1 is 1.06 bits per heavy atom. The van der Waals surface area contributed by atoms with Crippen molar-refractivity contribution in [2.75, 3.05) is 26.2 Å². The highest BCUT2D eigenvalue weighted by atomic mass is 15.2. The summed E-state index contributed by atoms with van der Waals surface area (Å²) >= 11 is 0. The molecule has 0 amide bonds. The molecule has 0 spiro atoms. The first kappa shape index (κ1) is 14.0. The second-order valence-electron chi connectivity index (χ2n) is 5.74. The first-order chi connectivity index (χ1) is 7.67. The summed E-state index contributed by atoms with van der Waals surface area (Å²) in [6, 6.07) is 0. The molecule has 0 unspecified atom stereocenters. The third-order valence-corrected chi connectivity index (χ3v) is 3.75. The van der Waals surface area contributed by atoms with Crippen molar-refractivity contribution in [3.05, 3.63) is 0 Å². The van der Waals surface area contributed by atoms with Crippen molar-refractivity contribution in [2.45, 2.75) is 64.8 Å². The molecule has 0 aliphatic carbocycles. The number of rotatable bonds is 7. The van der Waals surface area contributed by atoms with E-state index in [2.05, 4.69) is 31.0 Å². The van der Waals surface area contributed by atoms with Crippen LogP contribution >= 0.6 is 0 Å². The van der Waals surface area contributed by atoms with Crippen LogP contribution in [0, 0.1) is 0 Å². The van der Waals surface area contributed by atoms with Gasteiger partial charge in [0.25, 0.3) is 0 Å². The molecule has 1 saturated heterocycles. The number of nitrogens with one attached hydrogen (secondary N) is 1. The zero-order chi connectivity index (χ0) is 11.9. The Kier molecular flexibility index (Phi) is 6.37. The van der Waals surface area contributed by atoms with E-state index in [1.807, 2.05) is 0 Å². The summed E-state index contributed by atoms with van der Waals surface area (Å²) in [6.07, 6.45) is 8.43. The molecule has 2 nitrogen and oxygen atoms in total. The Morgan fingerprint density at radius 3 is 2.44 bits per heavy atom. The zero-order valence-electron chi connectivity index (χ0n) is 11.5. The molecule has 0 saturated carbocycles. The quantitative estimate of drug-likeness (QED) is 0.671. The van der Waals surface area contributed by atoms with Gasteiger partial charge in [-0.1, -0.05) is 39.0 Å². The predicted octanol–water partition coefficient (Wildman–Crippen LogP) is 3.03. The lowest BCUT2D eigenvalue weighted by Crippen LogP contribution is -2.57. The van der Waals surface area contributed by atoms with Crippen LogP contribution in [0.1, 0.15) is 59.3 Å². The fourth-order valence-electron chi connectivity index (χ4n) is 2.52. The van der Waals surface area contributed by atoms with Crippen LogP contribution in [0.3, 0.4) is 0 Å². The van der Waals surface area contributed by atoms with Gasteiger partial charge in [-0.15, -0.1) is 0 Å². The molecule has 0 bridgehead atoms. The van der Waals surface area contributed by atoms with Crippen LogP contribution in [-0.2, 0) is 0 Å². The van der Waals surface area contributed by atoms with Crippen molar-refractivity contribution in [1.29, 1.82) is 0 Å². The van der Waals surface area contributed by atoms with E-state index >= 15 is 0 Å². The smallest absolute Gasteiger partial charge is 0.0278 e. The maximum absolute atomic E-state index is 3.48. The molecule has 1 aliphatic rings. The Hall–Kier alpha value is -0.0800. The molecule has 1 rings (SSSR count). The molecular formula is C14H30N2. The summed E-state index contributed by atoms with van der Waals surface area (Å²) in [5.41, 5.74) is 0.363. The summed E-state index contributed by atoms with van der Waals surface area (Å²) in [5.74, 6) is 0. The van der Waals surface area contributed by atoms with E-state index < -0.39 is 0 Å². The molecular weight excluding hydrogens is 196 g/mol. The van der Waals surface area contributed by atoms with Crippen LogP contribution in [-0.4, -0.2) is 36.6 Å². The second kappa shape index (κ2) is 7.29. The average molecular weight is 226 g/mol. The van der Waals surface area contributed by atoms with E-state index in [1.54, 1.807) is 0 Å². The average Bonchev–Trinajstić information content (AvgIpc) is 2.25. The molecule has 96 valence electrons.